The minimum Gasteiger partial charge on any atom is -0.481 e. The van der Waals surface area contributed by atoms with Crippen molar-refractivity contribution >= 4 is 31.9 Å². The van der Waals surface area contributed by atoms with E-state index in [1.165, 1.54) is 6.07 Å². The SMILES string of the molecule is Cc1cc(S(=O)(=O)NC2CCCC(C(=O)O)C2)ccc1Br. The van der Waals surface area contributed by atoms with Gasteiger partial charge >= 0.3 is 5.97 Å². The number of aryl methyl sites for hydroxylation is 1. The number of hydrogen-bond acceptors (Lipinski definition) is 3. The molecule has 0 heterocycles. The van der Waals surface area contributed by atoms with E-state index in [1.807, 2.05) is 6.92 Å². The lowest BCUT2D eigenvalue weighted by atomic mass is 9.86. The first-order valence-electron chi connectivity index (χ1n) is 6.81. The van der Waals surface area contributed by atoms with Crippen LogP contribution in [-0.2, 0) is 14.8 Å². The van der Waals surface area contributed by atoms with Crippen LogP contribution in [0.1, 0.15) is 31.2 Å². The van der Waals surface area contributed by atoms with Crippen LogP contribution in [0.3, 0.4) is 0 Å². The van der Waals surface area contributed by atoms with Crippen LogP contribution >= 0.6 is 15.9 Å². The number of sulfonamides is 1. The first-order chi connectivity index (χ1) is 9.79. The summed E-state index contributed by atoms with van der Waals surface area (Å²) in [6.45, 7) is 1.82. The molecule has 2 N–H and O–H groups in total. The molecule has 1 aromatic carbocycles. The Morgan fingerprint density at radius 3 is 2.71 bits per heavy atom. The number of halogens is 1. The van der Waals surface area contributed by atoms with Gasteiger partial charge in [-0.05, 0) is 49.9 Å². The molecule has 116 valence electrons. The summed E-state index contributed by atoms with van der Waals surface area (Å²) in [5.41, 5.74) is 0.838. The van der Waals surface area contributed by atoms with E-state index in [1.54, 1.807) is 12.1 Å². The van der Waals surface area contributed by atoms with Crippen molar-refractivity contribution in [3.8, 4) is 0 Å². The van der Waals surface area contributed by atoms with Crippen LogP contribution in [0.25, 0.3) is 0 Å². The van der Waals surface area contributed by atoms with E-state index in [0.717, 1.165) is 16.5 Å². The Bertz CT molecular complexity index is 644. The zero-order valence-corrected chi connectivity index (χ0v) is 14.1. The predicted octanol–water partition coefficient (Wildman–Crippen LogP) is 2.68. The number of hydrogen-bond donors (Lipinski definition) is 2. The summed E-state index contributed by atoms with van der Waals surface area (Å²) >= 11 is 3.34. The maximum Gasteiger partial charge on any atom is 0.306 e. The molecule has 1 saturated carbocycles. The Hall–Kier alpha value is -0.920. The zero-order chi connectivity index (χ0) is 15.6. The van der Waals surface area contributed by atoms with Crippen molar-refractivity contribution in [3.05, 3.63) is 28.2 Å². The molecule has 1 aromatic rings. The maximum absolute atomic E-state index is 12.4. The van der Waals surface area contributed by atoms with E-state index in [2.05, 4.69) is 20.7 Å². The second-order valence-electron chi connectivity index (χ2n) is 5.43. The Labute approximate surface area is 132 Å². The van der Waals surface area contributed by atoms with Gasteiger partial charge in [0, 0.05) is 10.5 Å². The second-order valence-corrected chi connectivity index (χ2v) is 8.00. The fourth-order valence-corrected chi connectivity index (χ4v) is 4.21. The van der Waals surface area contributed by atoms with Gasteiger partial charge in [-0.2, -0.15) is 0 Å². The number of carbonyl (C=O) groups is 1. The van der Waals surface area contributed by atoms with Gasteiger partial charge in [-0.15, -0.1) is 0 Å². The molecule has 0 saturated heterocycles. The van der Waals surface area contributed by atoms with Crippen molar-refractivity contribution in [1.82, 2.24) is 4.72 Å². The Balaban J connectivity index is 2.13. The molecule has 1 aliphatic rings. The number of benzene rings is 1. The number of nitrogens with one attached hydrogen (secondary N) is 1. The zero-order valence-electron chi connectivity index (χ0n) is 11.7. The molecule has 0 radical (unpaired) electrons. The van der Waals surface area contributed by atoms with Crippen LogP contribution < -0.4 is 4.72 Å². The molecule has 5 nitrogen and oxygen atoms in total. The van der Waals surface area contributed by atoms with E-state index >= 15 is 0 Å². The lowest BCUT2D eigenvalue weighted by Gasteiger charge is -2.27. The van der Waals surface area contributed by atoms with Crippen molar-refractivity contribution < 1.29 is 18.3 Å². The Morgan fingerprint density at radius 2 is 2.10 bits per heavy atom. The molecule has 0 aromatic heterocycles. The maximum atomic E-state index is 12.4. The summed E-state index contributed by atoms with van der Waals surface area (Å²) in [7, 11) is -3.61. The average Bonchev–Trinajstić information content (AvgIpc) is 2.41. The first-order valence-corrected chi connectivity index (χ1v) is 9.08. The molecule has 1 fully saturated rings. The minimum atomic E-state index is -3.61. The summed E-state index contributed by atoms with van der Waals surface area (Å²) in [6, 6.07) is 4.53. The first kappa shape index (κ1) is 16.5. The summed E-state index contributed by atoms with van der Waals surface area (Å²) < 4.78 is 28.2. The van der Waals surface area contributed by atoms with Gasteiger partial charge in [0.1, 0.15) is 0 Å². The highest BCUT2D eigenvalue weighted by molar-refractivity contribution is 9.10. The molecule has 7 heteroatoms. The van der Waals surface area contributed by atoms with Crippen LogP contribution in [0.5, 0.6) is 0 Å². The normalized spacial score (nSPS) is 23.0. The van der Waals surface area contributed by atoms with Crippen LogP contribution in [-0.4, -0.2) is 25.5 Å². The van der Waals surface area contributed by atoms with E-state index in [0.29, 0.717) is 19.3 Å². The van der Waals surface area contributed by atoms with Gasteiger partial charge in [0.2, 0.25) is 10.0 Å². The summed E-state index contributed by atoms with van der Waals surface area (Å²) in [5, 5.41) is 9.06. The van der Waals surface area contributed by atoms with Crippen LogP contribution in [0.15, 0.2) is 27.6 Å². The minimum absolute atomic E-state index is 0.209. The summed E-state index contributed by atoms with van der Waals surface area (Å²) in [5.74, 6) is -1.31. The quantitative estimate of drug-likeness (QED) is 0.847. The lowest BCUT2D eigenvalue weighted by Crippen LogP contribution is -2.39. The van der Waals surface area contributed by atoms with Gasteiger partial charge in [-0.25, -0.2) is 13.1 Å². The molecule has 2 atom stereocenters. The van der Waals surface area contributed by atoms with Crippen molar-refractivity contribution in [2.45, 2.75) is 43.5 Å². The third kappa shape index (κ3) is 4.05. The van der Waals surface area contributed by atoms with Gasteiger partial charge in [0.15, 0.2) is 0 Å². The van der Waals surface area contributed by atoms with E-state index in [9.17, 15) is 13.2 Å². The molecule has 0 amide bonds. The molecule has 0 aliphatic heterocycles. The lowest BCUT2D eigenvalue weighted by molar-refractivity contribution is -0.143. The van der Waals surface area contributed by atoms with Crippen molar-refractivity contribution in [3.63, 3.8) is 0 Å². The highest BCUT2D eigenvalue weighted by Crippen LogP contribution is 2.26. The molecule has 0 spiro atoms. The van der Waals surface area contributed by atoms with Crippen LogP contribution in [0.4, 0.5) is 0 Å². The van der Waals surface area contributed by atoms with Crippen molar-refractivity contribution in [2.24, 2.45) is 5.92 Å². The average molecular weight is 376 g/mol. The van der Waals surface area contributed by atoms with Gasteiger partial charge in [-0.3, -0.25) is 4.79 Å². The van der Waals surface area contributed by atoms with Crippen LogP contribution in [0.2, 0.25) is 0 Å². The fraction of sp³-hybridized carbons (Fsp3) is 0.500. The molecule has 2 rings (SSSR count). The monoisotopic (exact) mass is 375 g/mol. The van der Waals surface area contributed by atoms with Gasteiger partial charge in [0.05, 0.1) is 10.8 Å². The fourth-order valence-electron chi connectivity index (χ4n) is 2.59. The second kappa shape index (κ2) is 6.46. The number of aliphatic carboxylic acids is 1. The topological polar surface area (TPSA) is 83.5 Å². The summed E-state index contributed by atoms with van der Waals surface area (Å²) in [6.07, 6.45) is 2.37. The highest BCUT2D eigenvalue weighted by Gasteiger charge is 2.30. The molecule has 21 heavy (non-hydrogen) atoms. The standard InChI is InChI=1S/C14H18BrNO4S/c1-9-7-12(5-6-13(9)15)21(19,20)16-11-4-2-3-10(8-11)14(17)18/h5-7,10-11,16H,2-4,8H2,1H3,(H,17,18). The van der Waals surface area contributed by atoms with Crippen molar-refractivity contribution in [2.75, 3.05) is 0 Å². The Morgan fingerprint density at radius 1 is 1.38 bits per heavy atom. The van der Waals surface area contributed by atoms with E-state index in [-0.39, 0.29) is 10.9 Å². The van der Waals surface area contributed by atoms with Gasteiger partial charge in [-0.1, -0.05) is 22.4 Å². The molecular formula is C14H18BrNO4S. The number of carboxylic acid groups (broad SMARTS) is 1. The van der Waals surface area contributed by atoms with E-state index in [4.69, 9.17) is 5.11 Å². The van der Waals surface area contributed by atoms with Gasteiger partial charge < -0.3 is 5.11 Å². The third-order valence-corrected chi connectivity index (χ3v) is 6.19. The van der Waals surface area contributed by atoms with E-state index < -0.39 is 21.9 Å². The third-order valence-electron chi connectivity index (χ3n) is 3.78. The molecule has 0 bridgehead atoms. The largest absolute Gasteiger partial charge is 0.481 e. The highest BCUT2D eigenvalue weighted by atomic mass is 79.9. The van der Waals surface area contributed by atoms with Crippen LogP contribution in [0, 0.1) is 12.8 Å². The smallest absolute Gasteiger partial charge is 0.306 e. The summed E-state index contributed by atoms with van der Waals surface area (Å²) in [4.78, 5) is 11.2. The van der Waals surface area contributed by atoms with Gasteiger partial charge in [0.25, 0.3) is 0 Å². The molecular weight excluding hydrogens is 358 g/mol. The van der Waals surface area contributed by atoms with Crippen molar-refractivity contribution in [1.29, 1.82) is 0 Å². The Kier molecular flexibility index (Phi) is 5.06. The molecule has 1 aliphatic carbocycles. The number of rotatable bonds is 4. The predicted molar refractivity (Wildman–Crippen MR) is 82.6 cm³/mol. The number of carboxylic acids is 1. The molecule has 2 unspecified atom stereocenters.